The average Bonchev–Trinajstić information content (AvgIpc) is 2.74. The molecule has 0 spiro atoms. The van der Waals surface area contributed by atoms with Crippen LogP contribution >= 0.6 is 0 Å². The highest BCUT2D eigenvalue weighted by Crippen LogP contribution is 2.31. The summed E-state index contributed by atoms with van der Waals surface area (Å²) in [6, 6.07) is 10.5. The molecule has 0 bridgehead atoms. The second kappa shape index (κ2) is 5.79. The molecule has 120 valence electrons. The third-order valence-corrected chi connectivity index (χ3v) is 3.98. The van der Waals surface area contributed by atoms with Crippen molar-refractivity contribution in [1.82, 2.24) is 9.80 Å². The molecule has 1 heterocycles. The van der Waals surface area contributed by atoms with Crippen molar-refractivity contribution in [3.63, 3.8) is 0 Å². The van der Waals surface area contributed by atoms with Gasteiger partial charge >= 0.3 is 6.03 Å². The van der Waals surface area contributed by atoms with Crippen LogP contribution in [0.1, 0.15) is 47.1 Å². The van der Waals surface area contributed by atoms with E-state index in [1.165, 1.54) is 0 Å². The Morgan fingerprint density at radius 1 is 1.00 bits per heavy atom. The number of benzene rings is 1. The molecule has 1 saturated heterocycles. The standard InChI is InChI=1S/C19H28N2O/c1-18(2,3)20-14-16(21(17(20)22)19(4,5)6)13-12-15-10-8-7-9-11-15/h7-13,16H,14H2,1-6H3/b13-12-. The zero-order valence-corrected chi connectivity index (χ0v) is 14.6. The van der Waals surface area contributed by atoms with Crippen molar-refractivity contribution in [3.05, 3.63) is 42.0 Å². The van der Waals surface area contributed by atoms with Gasteiger partial charge in [-0.1, -0.05) is 42.5 Å². The van der Waals surface area contributed by atoms with Crippen LogP contribution in [0.4, 0.5) is 4.79 Å². The maximum Gasteiger partial charge on any atom is 0.321 e. The third kappa shape index (κ3) is 3.52. The fourth-order valence-corrected chi connectivity index (χ4v) is 2.90. The van der Waals surface area contributed by atoms with E-state index in [9.17, 15) is 4.79 Å². The van der Waals surface area contributed by atoms with Gasteiger partial charge in [-0.3, -0.25) is 0 Å². The van der Waals surface area contributed by atoms with Crippen molar-refractivity contribution in [1.29, 1.82) is 0 Å². The van der Waals surface area contributed by atoms with E-state index in [4.69, 9.17) is 0 Å². The molecule has 1 aromatic rings. The van der Waals surface area contributed by atoms with Gasteiger partial charge in [0.25, 0.3) is 0 Å². The fraction of sp³-hybridized carbons (Fsp3) is 0.526. The molecule has 0 saturated carbocycles. The molecule has 22 heavy (non-hydrogen) atoms. The fourth-order valence-electron chi connectivity index (χ4n) is 2.90. The summed E-state index contributed by atoms with van der Waals surface area (Å²) in [6.07, 6.45) is 4.27. The Hall–Kier alpha value is -1.77. The van der Waals surface area contributed by atoms with Gasteiger partial charge in [-0.05, 0) is 47.1 Å². The molecular weight excluding hydrogens is 272 g/mol. The number of hydrogen-bond donors (Lipinski definition) is 0. The van der Waals surface area contributed by atoms with Gasteiger partial charge in [0, 0.05) is 17.6 Å². The predicted octanol–water partition coefficient (Wildman–Crippen LogP) is 4.40. The van der Waals surface area contributed by atoms with Crippen LogP contribution in [-0.4, -0.2) is 39.5 Å². The van der Waals surface area contributed by atoms with Gasteiger partial charge in [0.05, 0.1) is 6.04 Å². The van der Waals surface area contributed by atoms with Gasteiger partial charge in [-0.25, -0.2) is 4.79 Å². The predicted molar refractivity (Wildman–Crippen MR) is 92.7 cm³/mol. The zero-order valence-electron chi connectivity index (χ0n) is 14.6. The van der Waals surface area contributed by atoms with Crippen molar-refractivity contribution in [2.75, 3.05) is 6.54 Å². The van der Waals surface area contributed by atoms with Crippen molar-refractivity contribution in [3.8, 4) is 0 Å². The van der Waals surface area contributed by atoms with Crippen LogP contribution in [0, 0.1) is 0 Å². The topological polar surface area (TPSA) is 23.6 Å². The Kier molecular flexibility index (Phi) is 4.37. The Balaban J connectivity index is 2.28. The molecule has 0 aromatic heterocycles. The Morgan fingerprint density at radius 3 is 2.09 bits per heavy atom. The summed E-state index contributed by atoms with van der Waals surface area (Å²) in [6.45, 7) is 13.3. The quantitative estimate of drug-likeness (QED) is 0.794. The number of hydrogen-bond acceptors (Lipinski definition) is 1. The highest BCUT2D eigenvalue weighted by Gasteiger charge is 2.45. The maximum absolute atomic E-state index is 12.8. The van der Waals surface area contributed by atoms with Gasteiger partial charge in [0.2, 0.25) is 0 Å². The average molecular weight is 300 g/mol. The van der Waals surface area contributed by atoms with Crippen LogP contribution in [0.15, 0.2) is 36.4 Å². The number of urea groups is 1. The monoisotopic (exact) mass is 300 g/mol. The molecule has 1 aliphatic rings. The molecule has 3 nitrogen and oxygen atoms in total. The van der Waals surface area contributed by atoms with Crippen LogP contribution in [0.5, 0.6) is 0 Å². The van der Waals surface area contributed by atoms with Gasteiger partial charge < -0.3 is 9.80 Å². The lowest BCUT2D eigenvalue weighted by atomic mass is 10.0. The van der Waals surface area contributed by atoms with E-state index in [2.05, 4.69) is 65.8 Å². The van der Waals surface area contributed by atoms with Crippen LogP contribution in [0.2, 0.25) is 0 Å². The van der Waals surface area contributed by atoms with Gasteiger partial charge in [-0.15, -0.1) is 0 Å². The highest BCUT2D eigenvalue weighted by molar-refractivity contribution is 5.79. The Bertz CT molecular complexity index is 549. The van der Waals surface area contributed by atoms with E-state index in [0.717, 1.165) is 12.1 Å². The Morgan fingerprint density at radius 2 is 1.59 bits per heavy atom. The van der Waals surface area contributed by atoms with Crippen molar-refractivity contribution >= 4 is 12.1 Å². The zero-order chi connectivity index (χ0) is 16.5. The lowest BCUT2D eigenvalue weighted by Gasteiger charge is -2.36. The van der Waals surface area contributed by atoms with E-state index in [-0.39, 0.29) is 23.2 Å². The first-order valence-electron chi connectivity index (χ1n) is 7.95. The van der Waals surface area contributed by atoms with Gasteiger partial charge in [0.1, 0.15) is 0 Å². The Labute approximate surface area is 134 Å². The molecule has 0 N–H and O–H groups in total. The van der Waals surface area contributed by atoms with Crippen LogP contribution < -0.4 is 0 Å². The first-order valence-corrected chi connectivity index (χ1v) is 7.95. The summed E-state index contributed by atoms with van der Waals surface area (Å²) in [5.74, 6) is 0. The minimum absolute atomic E-state index is 0.104. The van der Waals surface area contributed by atoms with E-state index < -0.39 is 0 Å². The molecule has 1 aromatic carbocycles. The maximum atomic E-state index is 12.8. The number of amides is 2. The summed E-state index contributed by atoms with van der Waals surface area (Å²) in [7, 11) is 0. The normalized spacial score (nSPS) is 20.3. The molecule has 1 unspecified atom stereocenters. The van der Waals surface area contributed by atoms with E-state index in [1.807, 2.05) is 28.0 Å². The number of nitrogens with zero attached hydrogens (tertiary/aromatic N) is 2. The molecule has 1 fully saturated rings. The second-order valence-electron chi connectivity index (χ2n) is 7.94. The number of carbonyl (C=O) groups is 1. The highest BCUT2D eigenvalue weighted by atomic mass is 16.2. The lowest BCUT2D eigenvalue weighted by Crippen LogP contribution is -2.50. The smallest absolute Gasteiger partial charge is 0.317 e. The summed E-state index contributed by atoms with van der Waals surface area (Å²) in [5.41, 5.74) is 0.816. The molecule has 0 aliphatic carbocycles. The first kappa shape index (κ1) is 16.6. The number of carbonyl (C=O) groups excluding carboxylic acids is 1. The molecule has 2 rings (SSSR count). The van der Waals surface area contributed by atoms with Crippen molar-refractivity contribution < 1.29 is 4.79 Å². The molecule has 2 amide bonds. The SMILES string of the molecule is CC(C)(C)N1CC(/C=C\c2ccccc2)N(C(C)(C)C)C1=O. The molecule has 1 aliphatic heterocycles. The summed E-state index contributed by atoms with van der Waals surface area (Å²) < 4.78 is 0. The van der Waals surface area contributed by atoms with Gasteiger partial charge in [0.15, 0.2) is 0 Å². The van der Waals surface area contributed by atoms with E-state index in [0.29, 0.717) is 0 Å². The summed E-state index contributed by atoms with van der Waals surface area (Å²) in [5, 5.41) is 0. The van der Waals surface area contributed by atoms with E-state index >= 15 is 0 Å². The third-order valence-electron chi connectivity index (χ3n) is 3.98. The van der Waals surface area contributed by atoms with Crippen LogP contribution in [0.3, 0.4) is 0 Å². The second-order valence-corrected chi connectivity index (χ2v) is 7.94. The first-order chi connectivity index (χ1) is 10.1. The van der Waals surface area contributed by atoms with Crippen molar-refractivity contribution in [2.45, 2.75) is 58.7 Å². The summed E-state index contributed by atoms with van der Waals surface area (Å²) in [4.78, 5) is 16.8. The van der Waals surface area contributed by atoms with Crippen molar-refractivity contribution in [2.24, 2.45) is 0 Å². The number of rotatable bonds is 2. The van der Waals surface area contributed by atoms with E-state index in [1.54, 1.807) is 0 Å². The van der Waals surface area contributed by atoms with Crippen LogP contribution in [0.25, 0.3) is 6.08 Å². The molecule has 3 heteroatoms. The molecule has 1 atom stereocenters. The largest absolute Gasteiger partial charge is 0.321 e. The van der Waals surface area contributed by atoms with Gasteiger partial charge in [-0.2, -0.15) is 0 Å². The summed E-state index contributed by atoms with van der Waals surface area (Å²) >= 11 is 0. The molecular formula is C19H28N2O. The minimum Gasteiger partial charge on any atom is -0.317 e. The lowest BCUT2D eigenvalue weighted by molar-refractivity contribution is 0.129. The van der Waals surface area contributed by atoms with Crippen LogP contribution in [-0.2, 0) is 0 Å². The minimum atomic E-state index is -0.192. The molecule has 0 radical (unpaired) electrons.